The lowest BCUT2D eigenvalue weighted by Gasteiger charge is -2.25. The number of anilines is 1. The van der Waals surface area contributed by atoms with Crippen LogP contribution in [0.25, 0.3) is 0 Å². The fraction of sp³-hybridized carbons (Fsp3) is 0.429. The van der Waals surface area contributed by atoms with Crippen molar-refractivity contribution in [2.24, 2.45) is 0 Å². The highest BCUT2D eigenvalue weighted by molar-refractivity contribution is 5.27. The van der Waals surface area contributed by atoms with Crippen molar-refractivity contribution in [2.75, 3.05) is 18.9 Å². The average molecular weight is 169 g/mol. The molecule has 0 spiro atoms. The van der Waals surface area contributed by atoms with E-state index < -0.39 is 0 Å². The van der Waals surface area contributed by atoms with Crippen molar-refractivity contribution in [2.45, 2.75) is 6.10 Å². The van der Waals surface area contributed by atoms with E-state index in [0.717, 1.165) is 0 Å². The molecule has 0 aromatic carbocycles. The first-order valence-corrected chi connectivity index (χ1v) is 3.52. The molecule has 0 atom stereocenters. The first kappa shape index (κ1) is 5.31. The smallest absolute Gasteiger partial charge is 0.233 e. The van der Waals surface area contributed by atoms with Gasteiger partial charge in [0.2, 0.25) is 5.88 Å². The number of hydrogen-bond donors (Lipinski definition) is 1. The van der Waals surface area contributed by atoms with Gasteiger partial charge in [0.05, 0.1) is 16.0 Å². The minimum absolute atomic E-state index is 0.0394. The van der Waals surface area contributed by atoms with Gasteiger partial charge in [-0.3, -0.25) is 0 Å². The third-order valence-corrected chi connectivity index (χ3v) is 1.43. The highest BCUT2D eigenvalue weighted by Crippen LogP contribution is 2.12. The molecule has 2 rings (SSSR count). The molecule has 0 aliphatic carbocycles. The van der Waals surface area contributed by atoms with E-state index in [0.29, 0.717) is 13.2 Å². The van der Waals surface area contributed by atoms with Crippen LogP contribution < -0.4 is 10.5 Å². The van der Waals surface area contributed by atoms with Gasteiger partial charge in [0.1, 0.15) is 11.9 Å². The molecule has 1 saturated heterocycles. The van der Waals surface area contributed by atoms with Gasteiger partial charge < -0.3 is 15.2 Å². The Kier molecular flexibility index (Phi) is 1.30. The van der Waals surface area contributed by atoms with E-state index in [2.05, 4.69) is 10.2 Å². The number of rotatable bonds is 2. The van der Waals surface area contributed by atoms with Crippen LogP contribution in [-0.4, -0.2) is 29.5 Å². The number of nitrogen functional groups attached to an aromatic ring is 1. The zero-order valence-corrected chi connectivity index (χ0v) is 6.28. The van der Waals surface area contributed by atoms with Gasteiger partial charge in [-0.25, -0.2) is 0 Å². The van der Waals surface area contributed by atoms with Crippen molar-refractivity contribution >= 4 is 5.82 Å². The third-order valence-electron chi connectivity index (χ3n) is 1.43. The van der Waals surface area contributed by atoms with E-state index in [-0.39, 0.29) is 29.9 Å². The molecule has 1 aromatic rings. The summed E-state index contributed by atoms with van der Waals surface area (Å²) in [6.07, 6.45) is -0.0866. The molecule has 2 heterocycles. The quantitative estimate of drug-likeness (QED) is 0.666. The lowest BCUT2D eigenvalue weighted by Crippen LogP contribution is -2.38. The highest BCUT2D eigenvalue weighted by Gasteiger charge is 2.20. The van der Waals surface area contributed by atoms with Gasteiger partial charge in [-0.2, -0.15) is 0 Å². The van der Waals surface area contributed by atoms with Crippen LogP contribution in [0.3, 0.4) is 0 Å². The summed E-state index contributed by atoms with van der Waals surface area (Å²) in [6.45, 7) is 0.970. The summed E-state index contributed by atoms with van der Waals surface area (Å²) in [5.41, 5.74) is 5.31. The van der Waals surface area contributed by atoms with E-state index >= 15 is 0 Å². The second-order valence-electron chi connectivity index (χ2n) is 2.42. The summed E-state index contributed by atoms with van der Waals surface area (Å²) >= 11 is 0. The molecule has 2 N–H and O–H groups in total. The lowest BCUT2D eigenvalue weighted by molar-refractivity contribution is -0.0816. The maximum absolute atomic E-state index is 7.49. The van der Waals surface area contributed by atoms with E-state index in [9.17, 15) is 0 Å². The zero-order chi connectivity index (χ0) is 10.1. The van der Waals surface area contributed by atoms with Gasteiger partial charge in [0.25, 0.3) is 0 Å². The fourth-order valence-corrected chi connectivity index (χ4v) is 0.760. The summed E-state index contributed by atoms with van der Waals surface area (Å²) in [7, 11) is 0. The Morgan fingerprint density at radius 2 is 2.42 bits per heavy atom. The first-order chi connectivity index (χ1) is 6.68. The first-order valence-electron chi connectivity index (χ1n) is 4.52. The van der Waals surface area contributed by atoms with Crippen LogP contribution in [0.4, 0.5) is 5.82 Å². The summed E-state index contributed by atoms with van der Waals surface area (Å²) in [5.74, 6) is -0.0234. The predicted octanol–water partition coefficient (Wildman–Crippen LogP) is -0.164. The molecule has 0 bridgehead atoms. The van der Waals surface area contributed by atoms with Crippen molar-refractivity contribution in [1.82, 2.24) is 10.2 Å². The molecule has 0 amide bonds. The Morgan fingerprint density at radius 1 is 1.58 bits per heavy atom. The second kappa shape index (κ2) is 2.94. The molecule has 5 heteroatoms. The second-order valence-corrected chi connectivity index (χ2v) is 2.42. The predicted molar refractivity (Wildman–Crippen MR) is 41.7 cm³/mol. The Bertz CT molecular complexity index is 357. The number of nitrogens with zero attached hydrogens (tertiary/aromatic N) is 2. The molecule has 0 radical (unpaired) electrons. The maximum Gasteiger partial charge on any atom is 0.233 e. The van der Waals surface area contributed by atoms with E-state index in [1.54, 1.807) is 0 Å². The lowest BCUT2D eigenvalue weighted by atomic mass is 10.3. The number of ether oxygens (including phenoxy) is 2. The fourth-order valence-electron chi connectivity index (χ4n) is 0.760. The molecular weight excluding hydrogens is 158 g/mol. The molecule has 12 heavy (non-hydrogen) atoms. The van der Waals surface area contributed by atoms with Crippen molar-refractivity contribution in [1.29, 1.82) is 0 Å². The van der Waals surface area contributed by atoms with Crippen molar-refractivity contribution in [3.8, 4) is 5.88 Å². The SMILES string of the molecule is [2H]c1c(N)nnc(OC2COC2)c1[2H]. The van der Waals surface area contributed by atoms with Gasteiger partial charge in [0.15, 0.2) is 0 Å². The molecule has 1 aromatic heterocycles. The number of nitrogens with two attached hydrogens (primary N) is 1. The maximum atomic E-state index is 7.49. The molecular formula is C7H9N3O2. The standard InChI is InChI=1S/C7H9N3O2/c8-6-1-2-7(10-9-6)12-5-3-11-4-5/h1-2,5H,3-4H2,(H2,8,9)/i1D,2D. The van der Waals surface area contributed by atoms with E-state index in [1.165, 1.54) is 0 Å². The van der Waals surface area contributed by atoms with Crippen LogP contribution in [0.1, 0.15) is 2.74 Å². The summed E-state index contributed by atoms with van der Waals surface area (Å²) in [5, 5.41) is 7.11. The van der Waals surface area contributed by atoms with Gasteiger partial charge in [-0.15, -0.1) is 10.2 Å². The minimum atomic E-state index is -0.157. The monoisotopic (exact) mass is 169 g/mol. The molecule has 1 aliphatic heterocycles. The topological polar surface area (TPSA) is 70.3 Å². The van der Waals surface area contributed by atoms with E-state index in [1.807, 2.05) is 0 Å². The van der Waals surface area contributed by atoms with Crippen LogP contribution in [0.2, 0.25) is 0 Å². The number of hydrogen-bond acceptors (Lipinski definition) is 5. The van der Waals surface area contributed by atoms with E-state index in [4.69, 9.17) is 17.9 Å². The van der Waals surface area contributed by atoms with Crippen molar-refractivity contribution in [3.63, 3.8) is 0 Å². The van der Waals surface area contributed by atoms with Crippen LogP contribution in [-0.2, 0) is 4.74 Å². The largest absolute Gasteiger partial charge is 0.468 e. The Hall–Kier alpha value is -1.36. The average Bonchev–Trinajstić information content (AvgIpc) is 2.10. The Balaban J connectivity index is 2.20. The minimum Gasteiger partial charge on any atom is -0.468 e. The van der Waals surface area contributed by atoms with Crippen LogP contribution >= 0.6 is 0 Å². The third kappa shape index (κ3) is 1.45. The van der Waals surface area contributed by atoms with Crippen LogP contribution in [0.5, 0.6) is 5.88 Å². The molecule has 64 valence electrons. The molecule has 1 fully saturated rings. The molecule has 0 unspecified atom stereocenters. The highest BCUT2D eigenvalue weighted by atomic mass is 16.6. The Labute approximate surface area is 72.3 Å². The summed E-state index contributed by atoms with van der Waals surface area (Å²) < 4.78 is 25.0. The summed E-state index contributed by atoms with van der Waals surface area (Å²) in [6, 6.07) is -0.292. The van der Waals surface area contributed by atoms with Crippen molar-refractivity contribution < 1.29 is 12.2 Å². The van der Waals surface area contributed by atoms with Gasteiger partial charge in [-0.05, 0) is 6.04 Å². The normalized spacial score (nSPS) is 19.3. The summed E-state index contributed by atoms with van der Waals surface area (Å²) in [4.78, 5) is 0. The molecule has 5 nitrogen and oxygen atoms in total. The van der Waals surface area contributed by atoms with Gasteiger partial charge >= 0.3 is 0 Å². The zero-order valence-electron chi connectivity index (χ0n) is 8.28. The Morgan fingerprint density at radius 3 is 3.08 bits per heavy atom. The number of aromatic nitrogens is 2. The van der Waals surface area contributed by atoms with Gasteiger partial charge in [0, 0.05) is 6.04 Å². The van der Waals surface area contributed by atoms with Crippen molar-refractivity contribution in [3.05, 3.63) is 12.1 Å². The van der Waals surface area contributed by atoms with Crippen LogP contribution in [0, 0.1) is 0 Å². The van der Waals surface area contributed by atoms with Crippen LogP contribution in [0.15, 0.2) is 12.1 Å². The molecule has 0 saturated carbocycles. The van der Waals surface area contributed by atoms with Gasteiger partial charge in [-0.1, -0.05) is 0 Å². The molecule has 1 aliphatic rings.